The Morgan fingerprint density at radius 2 is 2.12 bits per heavy atom. The van der Waals surface area contributed by atoms with Crippen LogP contribution in [0.15, 0.2) is 30.3 Å². The van der Waals surface area contributed by atoms with Crippen LogP contribution in [-0.2, 0) is 6.54 Å². The number of nitrogens with two attached hydrogens (primary N) is 1. The zero-order valence-electron chi connectivity index (χ0n) is 9.51. The number of para-hydroxylation sites is 1. The first-order chi connectivity index (χ1) is 8.22. The van der Waals surface area contributed by atoms with Crippen LogP contribution in [0.4, 0.5) is 0 Å². The predicted molar refractivity (Wildman–Crippen MR) is 67.0 cm³/mol. The average Bonchev–Trinajstić information content (AvgIpc) is 2.64. The average molecular weight is 227 g/mol. The van der Waals surface area contributed by atoms with Gasteiger partial charge in [-0.1, -0.05) is 12.1 Å². The van der Waals surface area contributed by atoms with Crippen molar-refractivity contribution in [2.75, 3.05) is 0 Å². The van der Waals surface area contributed by atoms with E-state index in [0.717, 1.165) is 27.9 Å². The van der Waals surface area contributed by atoms with Gasteiger partial charge in [0, 0.05) is 11.9 Å². The molecule has 0 fully saturated rings. The Hall–Kier alpha value is -2.07. The first kappa shape index (κ1) is 10.1. The van der Waals surface area contributed by atoms with Gasteiger partial charge in [0.05, 0.1) is 16.9 Å². The number of nitrogens with zero attached hydrogens (tertiary/aromatic N) is 2. The number of benzene rings is 1. The van der Waals surface area contributed by atoms with Gasteiger partial charge < -0.3 is 10.8 Å². The quantitative estimate of drug-likeness (QED) is 0.668. The van der Waals surface area contributed by atoms with Gasteiger partial charge in [-0.05, 0) is 25.1 Å². The maximum absolute atomic E-state index is 10.0. The molecule has 4 nitrogen and oxygen atoms in total. The zero-order valence-corrected chi connectivity index (χ0v) is 9.51. The van der Waals surface area contributed by atoms with Crippen LogP contribution in [0.3, 0.4) is 0 Å². The summed E-state index contributed by atoms with van der Waals surface area (Å²) in [6.45, 7) is 2.33. The Labute approximate surface area is 98.3 Å². The Morgan fingerprint density at radius 1 is 1.29 bits per heavy atom. The molecule has 3 aromatic rings. The third kappa shape index (κ3) is 1.31. The van der Waals surface area contributed by atoms with Crippen molar-refractivity contribution >= 4 is 16.6 Å². The molecule has 0 radical (unpaired) electrons. The minimum atomic E-state index is 0.250. The minimum absolute atomic E-state index is 0.250. The number of hydrogen-bond donors (Lipinski definition) is 2. The molecule has 0 unspecified atom stereocenters. The molecule has 0 aliphatic heterocycles. The third-order valence-corrected chi connectivity index (χ3v) is 3.07. The van der Waals surface area contributed by atoms with Crippen molar-refractivity contribution in [2.24, 2.45) is 5.73 Å². The van der Waals surface area contributed by atoms with Gasteiger partial charge in [0.1, 0.15) is 11.4 Å². The highest BCUT2D eigenvalue weighted by molar-refractivity contribution is 5.87. The first-order valence-corrected chi connectivity index (χ1v) is 5.51. The van der Waals surface area contributed by atoms with Crippen LogP contribution in [0, 0.1) is 6.92 Å². The summed E-state index contributed by atoms with van der Waals surface area (Å²) in [7, 11) is 0. The summed E-state index contributed by atoms with van der Waals surface area (Å²) in [4.78, 5) is 4.45. The lowest BCUT2D eigenvalue weighted by atomic mass is 10.2. The number of phenols is 1. The number of fused-ring (bicyclic) bond motifs is 3. The molecular formula is C13H13N3O. The van der Waals surface area contributed by atoms with Crippen molar-refractivity contribution in [1.82, 2.24) is 9.38 Å². The monoisotopic (exact) mass is 227 g/mol. The van der Waals surface area contributed by atoms with Gasteiger partial charge >= 0.3 is 0 Å². The summed E-state index contributed by atoms with van der Waals surface area (Å²) in [6.07, 6.45) is 0. The maximum Gasteiger partial charge on any atom is 0.140 e. The topological polar surface area (TPSA) is 63.5 Å². The number of phenolic OH excluding ortho intramolecular Hbond substituents is 1. The number of pyridine rings is 1. The van der Waals surface area contributed by atoms with E-state index >= 15 is 0 Å². The Bertz CT molecular complexity index is 715. The number of aromatic nitrogens is 2. The molecule has 17 heavy (non-hydrogen) atoms. The molecule has 0 atom stereocenters. The molecule has 1 aromatic carbocycles. The number of aromatic hydroxyl groups is 1. The van der Waals surface area contributed by atoms with Gasteiger partial charge in [0.2, 0.25) is 0 Å². The third-order valence-electron chi connectivity index (χ3n) is 3.07. The zero-order chi connectivity index (χ0) is 12.0. The summed E-state index contributed by atoms with van der Waals surface area (Å²) in [5, 5.41) is 11.0. The lowest BCUT2D eigenvalue weighted by molar-refractivity contribution is 0.479. The van der Waals surface area contributed by atoms with E-state index in [4.69, 9.17) is 5.73 Å². The molecule has 2 heterocycles. The Kier molecular flexibility index (Phi) is 2.06. The largest absolute Gasteiger partial charge is 0.506 e. The van der Waals surface area contributed by atoms with Crippen molar-refractivity contribution in [3.63, 3.8) is 0 Å². The van der Waals surface area contributed by atoms with E-state index < -0.39 is 0 Å². The van der Waals surface area contributed by atoms with Gasteiger partial charge in [-0.15, -0.1) is 0 Å². The minimum Gasteiger partial charge on any atom is -0.506 e. The van der Waals surface area contributed by atoms with Crippen molar-refractivity contribution in [3.8, 4) is 5.75 Å². The molecule has 0 saturated heterocycles. The predicted octanol–water partition coefficient (Wildman–Crippen LogP) is 1.96. The molecule has 0 bridgehead atoms. The molecule has 3 N–H and O–H groups in total. The van der Waals surface area contributed by atoms with Crippen molar-refractivity contribution in [2.45, 2.75) is 13.5 Å². The van der Waals surface area contributed by atoms with Gasteiger partial charge in [-0.3, -0.25) is 4.40 Å². The second-order valence-corrected chi connectivity index (χ2v) is 4.09. The van der Waals surface area contributed by atoms with Crippen LogP contribution in [0.25, 0.3) is 16.6 Å². The van der Waals surface area contributed by atoms with E-state index in [-0.39, 0.29) is 5.75 Å². The summed E-state index contributed by atoms with van der Waals surface area (Å²) in [5.41, 5.74) is 9.19. The highest BCUT2D eigenvalue weighted by Crippen LogP contribution is 2.27. The number of imidazole rings is 1. The second-order valence-electron chi connectivity index (χ2n) is 4.09. The maximum atomic E-state index is 10.0. The van der Waals surface area contributed by atoms with Crippen LogP contribution in [0.5, 0.6) is 5.75 Å². The number of hydrogen-bond acceptors (Lipinski definition) is 3. The molecule has 4 heteroatoms. The van der Waals surface area contributed by atoms with E-state index in [1.807, 2.05) is 35.6 Å². The fourth-order valence-electron chi connectivity index (χ4n) is 2.28. The van der Waals surface area contributed by atoms with Crippen molar-refractivity contribution < 1.29 is 5.11 Å². The summed E-state index contributed by atoms with van der Waals surface area (Å²) in [6, 6.07) is 9.36. The first-order valence-electron chi connectivity index (χ1n) is 5.51. The van der Waals surface area contributed by atoms with Gasteiger partial charge in [0.15, 0.2) is 0 Å². The van der Waals surface area contributed by atoms with Crippen molar-refractivity contribution in [1.29, 1.82) is 0 Å². The van der Waals surface area contributed by atoms with E-state index in [9.17, 15) is 5.11 Å². The molecule has 86 valence electrons. The molecule has 0 amide bonds. The standard InChI is InChI=1S/C13H13N3O/c1-8-10(7-14)16-12(15-8)6-5-9-3-2-4-11(17)13(9)16/h2-6,17H,7,14H2,1H3. The molecule has 2 aromatic heterocycles. The molecule has 0 aliphatic carbocycles. The van der Waals surface area contributed by atoms with E-state index in [2.05, 4.69) is 4.98 Å². The SMILES string of the molecule is Cc1nc2ccc3cccc(O)c3n2c1CN. The molecule has 0 aliphatic rings. The summed E-state index contributed by atoms with van der Waals surface area (Å²) < 4.78 is 1.93. The smallest absolute Gasteiger partial charge is 0.140 e. The molecular weight excluding hydrogens is 214 g/mol. The summed E-state index contributed by atoms with van der Waals surface area (Å²) >= 11 is 0. The lowest BCUT2D eigenvalue weighted by Gasteiger charge is -2.07. The van der Waals surface area contributed by atoms with E-state index in [0.29, 0.717) is 6.54 Å². The lowest BCUT2D eigenvalue weighted by Crippen LogP contribution is -2.03. The highest BCUT2D eigenvalue weighted by Gasteiger charge is 2.11. The number of aryl methyl sites for hydroxylation is 1. The van der Waals surface area contributed by atoms with Crippen LogP contribution >= 0.6 is 0 Å². The molecule has 0 saturated carbocycles. The fourth-order valence-corrected chi connectivity index (χ4v) is 2.28. The van der Waals surface area contributed by atoms with Crippen LogP contribution in [-0.4, -0.2) is 14.5 Å². The van der Waals surface area contributed by atoms with Gasteiger partial charge in [-0.25, -0.2) is 4.98 Å². The Morgan fingerprint density at radius 3 is 2.88 bits per heavy atom. The van der Waals surface area contributed by atoms with Gasteiger partial charge in [0.25, 0.3) is 0 Å². The highest BCUT2D eigenvalue weighted by atomic mass is 16.3. The fraction of sp³-hybridized carbons (Fsp3) is 0.154. The van der Waals surface area contributed by atoms with Crippen LogP contribution in [0.1, 0.15) is 11.4 Å². The molecule has 0 spiro atoms. The normalized spacial score (nSPS) is 11.4. The van der Waals surface area contributed by atoms with Crippen molar-refractivity contribution in [3.05, 3.63) is 41.7 Å². The summed E-state index contributed by atoms with van der Waals surface area (Å²) in [5.74, 6) is 0.250. The number of rotatable bonds is 1. The second kappa shape index (κ2) is 3.46. The van der Waals surface area contributed by atoms with Crippen LogP contribution in [0.2, 0.25) is 0 Å². The van der Waals surface area contributed by atoms with E-state index in [1.165, 1.54) is 0 Å². The van der Waals surface area contributed by atoms with Gasteiger partial charge in [-0.2, -0.15) is 0 Å². The molecule has 3 rings (SSSR count). The van der Waals surface area contributed by atoms with Crippen LogP contribution < -0.4 is 5.73 Å². The van der Waals surface area contributed by atoms with E-state index in [1.54, 1.807) is 6.07 Å². The Balaban J connectivity index is 2.61.